The summed E-state index contributed by atoms with van der Waals surface area (Å²) in [6.45, 7) is 0. The van der Waals surface area contributed by atoms with Gasteiger partial charge in [-0.2, -0.15) is 5.10 Å². The van der Waals surface area contributed by atoms with E-state index in [9.17, 15) is 9.59 Å². The largest absolute Gasteiger partial charge is 0.481 e. The van der Waals surface area contributed by atoms with Gasteiger partial charge < -0.3 is 21.3 Å². The van der Waals surface area contributed by atoms with Gasteiger partial charge in [-0.05, 0) is 42.3 Å². The van der Waals surface area contributed by atoms with Crippen LogP contribution in [0.3, 0.4) is 0 Å². The van der Waals surface area contributed by atoms with Crippen LogP contribution in [0, 0.1) is 0 Å². The second-order valence-electron chi connectivity index (χ2n) is 5.61. The van der Waals surface area contributed by atoms with Gasteiger partial charge >= 0.3 is 11.9 Å². The van der Waals surface area contributed by atoms with Crippen molar-refractivity contribution in [3.05, 3.63) is 54.0 Å². The Bertz CT molecular complexity index is 1020. The molecule has 0 aliphatic rings. The van der Waals surface area contributed by atoms with Crippen LogP contribution in [0.5, 0.6) is 5.75 Å². The van der Waals surface area contributed by atoms with E-state index in [1.54, 1.807) is 24.4 Å². The van der Waals surface area contributed by atoms with Crippen LogP contribution in [0.4, 0.5) is 5.69 Å². The molecular weight excluding hydrogens is 352 g/mol. The maximum absolute atomic E-state index is 12.4. The van der Waals surface area contributed by atoms with Gasteiger partial charge in [0.15, 0.2) is 17.4 Å². The molecule has 0 aliphatic heterocycles. The molecule has 10 nitrogen and oxygen atoms in total. The molecule has 0 saturated heterocycles. The minimum absolute atomic E-state index is 0.0557. The Morgan fingerprint density at radius 2 is 1.96 bits per heavy atom. The van der Waals surface area contributed by atoms with Crippen LogP contribution in [0.25, 0.3) is 5.65 Å². The molecule has 0 atom stereocenters. The molecule has 2 aromatic heterocycles. The smallest absolute Gasteiger partial charge is 0.343 e. The van der Waals surface area contributed by atoms with Gasteiger partial charge in [0, 0.05) is 12.6 Å². The number of benzene rings is 1. The topological polar surface area (TPSA) is 158 Å². The average Bonchev–Trinajstić information content (AvgIpc) is 3.09. The maximum Gasteiger partial charge on any atom is 0.343 e. The van der Waals surface area contributed by atoms with E-state index < -0.39 is 11.9 Å². The monoisotopic (exact) mass is 368 g/mol. The number of hydrogen-bond acceptors (Lipinski definition) is 6. The van der Waals surface area contributed by atoms with Gasteiger partial charge in [-0.15, -0.1) is 0 Å². The summed E-state index contributed by atoms with van der Waals surface area (Å²) in [6, 6.07) is 7.79. The molecule has 0 aliphatic carbocycles. The first kappa shape index (κ1) is 17.9. The number of nitrogens with zero attached hydrogens (tertiary/aromatic N) is 4. The normalized spacial score (nSPS) is 10.5. The van der Waals surface area contributed by atoms with Crippen LogP contribution in [0.15, 0.2) is 47.8 Å². The predicted octanol–water partition coefficient (Wildman–Crippen LogP) is 0.871. The Labute approximate surface area is 153 Å². The minimum atomic E-state index is -0.923. The Morgan fingerprint density at radius 3 is 2.63 bits per heavy atom. The lowest BCUT2D eigenvalue weighted by Gasteiger charge is -2.08. The molecule has 0 amide bonds. The number of aliphatic carboxylic acids is 1. The van der Waals surface area contributed by atoms with Crippen molar-refractivity contribution in [2.24, 2.45) is 16.5 Å². The summed E-state index contributed by atoms with van der Waals surface area (Å²) in [5, 5.41) is 12.9. The van der Waals surface area contributed by atoms with E-state index in [2.05, 4.69) is 15.1 Å². The Morgan fingerprint density at radius 1 is 1.22 bits per heavy atom. The first-order valence-electron chi connectivity index (χ1n) is 7.88. The van der Waals surface area contributed by atoms with Gasteiger partial charge in [-0.3, -0.25) is 4.79 Å². The van der Waals surface area contributed by atoms with E-state index in [0.29, 0.717) is 16.9 Å². The standard InChI is InChI=1S/C17H16N6O4/c18-17(19)22-12-4-2-11(3-5-12)16(26)27-13-7-10(1-6-14(24)25)8-23-15(13)20-9-21-23/h2-5,7-9H,1,6H2,(H,24,25)(H4,18,19,22). The SMILES string of the molecule is NC(N)=Nc1ccc(C(=O)Oc2cc(CCC(=O)O)cn3ncnc23)cc1. The molecule has 5 N–H and O–H groups in total. The summed E-state index contributed by atoms with van der Waals surface area (Å²) in [7, 11) is 0. The molecule has 2 heterocycles. The lowest BCUT2D eigenvalue weighted by molar-refractivity contribution is -0.136. The second kappa shape index (κ2) is 7.52. The number of pyridine rings is 1. The zero-order valence-corrected chi connectivity index (χ0v) is 14.1. The molecule has 0 spiro atoms. The van der Waals surface area contributed by atoms with Gasteiger partial charge in [0.25, 0.3) is 0 Å². The highest BCUT2D eigenvalue weighted by Crippen LogP contribution is 2.22. The number of fused-ring (bicyclic) bond motifs is 1. The van der Waals surface area contributed by atoms with Crippen molar-refractivity contribution >= 4 is 29.2 Å². The molecular formula is C17H16N6O4. The van der Waals surface area contributed by atoms with E-state index in [1.807, 2.05) is 0 Å². The van der Waals surface area contributed by atoms with Crippen LogP contribution < -0.4 is 16.2 Å². The molecule has 27 heavy (non-hydrogen) atoms. The van der Waals surface area contributed by atoms with Crippen LogP contribution >= 0.6 is 0 Å². The number of carboxylic acids is 1. The summed E-state index contributed by atoms with van der Waals surface area (Å²) in [5.41, 5.74) is 12.4. The fourth-order valence-corrected chi connectivity index (χ4v) is 2.39. The van der Waals surface area contributed by atoms with E-state index in [1.165, 1.54) is 23.0 Å². The Kier molecular flexibility index (Phi) is 4.97. The fraction of sp³-hybridized carbons (Fsp3) is 0.118. The third-order valence-corrected chi connectivity index (χ3v) is 3.59. The molecule has 138 valence electrons. The van der Waals surface area contributed by atoms with Crippen molar-refractivity contribution in [2.45, 2.75) is 12.8 Å². The number of carboxylic acid groups (broad SMARTS) is 1. The summed E-state index contributed by atoms with van der Waals surface area (Å²) in [5.74, 6) is -1.42. The van der Waals surface area contributed by atoms with Crippen LogP contribution in [0.2, 0.25) is 0 Å². The molecule has 3 aromatic rings. The molecule has 1 aromatic carbocycles. The van der Waals surface area contributed by atoms with Gasteiger partial charge in [0.1, 0.15) is 6.33 Å². The number of guanidine groups is 1. The number of carbonyl (C=O) groups excluding carboxylic acids is 1. The van der Waals surface area contributed by atoms with E-state index in [0.717, 1.165) is 0 Å². The quantitative estimate of drug-likeness (QED) is 0.328. The third-order valence-electron chi connectivity index (χ3n) is 3.59. The zero-order chi connectivity index (χ0) is 19.4. The van der Waals surface area contributed by atoms with Crippen LogP contribution in [0.1, 0.15) is 22.3 Å². The van der Waals surface area contributed by atoms with E-state index in [-0.39, 0.29) is 30.1 Å². The second-order valence-corrected chi connectivity index (χ2v) is 5.61. The number of aryl methyl sites for hydroxylation is 1. The number of ether oxygens (including phenoxy) is 1. The third kappa shape index (κ3) is 4.37. The number of aliphatic imine (C=N–C) groups is 1. The number of esters is 1. The van der Waals surface area contributed by atoms with Crippen molar-refractivity contribution in [3.63, 3.8) is 0 Å². The summed E-state index contributed by atoms with van der Waals surface area (Å²) in [6.07, 6.45) is 3.17. The first-order valence-corrected chi connectivity index (χ1v) is 7.88. The van der Waals surface area contributed by atoms with Gasteiger partial charge in [-0.25, -0.2) is 19.3 Å². The first-order chi connectivity index (χ1) is 12.9. The lowest BCUT2D eigenvalue weighted by Crippen LogP contribution is -2.21. The van der Waals surface area contributed by atoms with Crippen LogP contribution in [-0.4, -0.2) is 37.6 Å². The number of rotatable bonds is 6. The predicted molar refractivity (Wildman–Crippen MR) is 95.8 cm³/mol. The van der Waals surface area contributed by atoms with Crippen molar-refractivity contribution < 1.29 is 19.4 Å². The minimum Gasteiger partial charge on any atom is -0.481 e. The molecule has 0 unspecified atom stereocenters. The highest BCUT2D eigenvalue weighted by Gasteiger charge is 2.14. The summed E-state index contributed by atoms with van der Waals surface area (Å²) in [4.78, 5) is 31.2. The zero-order valence-electron chi connectivity index (χ0n) is 14.1. The molecule has 3 rings (SSSR count). The van der Waals surface area contributed by atoms with Crippen LogP contribution in [-0.2, 0) is 11.2 Å². The van der Waals surface area contributed by atoms with Gasteiger partial charge in [0.2, 0.25) is 0 Å². The lowest BCUT2D eigenvalue weighted by atomic mass is 10.1. The summed E-state index contributed by atoms with van der Waals surface area (Å²) < 4.78 is 6.88. The van der Waals surface area contributed by atoms with E-state index >= 15 is 0 Å². The van der Waals surface area contributed by atoms with Crippen molar-refractivity contribution in [1.82, 2.24) is 14.6 Å². The Balaban J connectivity index is 1.84. The molecule has 0 bridgehead atoms. The number of carbonyl (C=O) groups is 2. The van der Waals surface area contributed by atoms with Crippen molar-refractivity contribution in [1.29, 1.82) is 0 Å². The fourth-order valence-electron chi connectivity index (χ4n) is 2.39. The Hall–Kier alpha value is -3.95. The highest BCUT2D eigenvalue weighted by molar-refractivity contribution is 5.92. The number of aromatic nitrogens is 3. The highest BCUT2D eigenvalue weighted by atomic mass is 16.5. The molecule has 10 heteroatoms. The van der Waals surface area contributed by atoms with Gasteiger partial charge in [0.05, 0.1) is 11.3 Å². The molecule has 0 fully saturated rings. The molecule has 0 radical (unpaired) electrons. The van der Waals surface area contributed by atoms with Gasteiger partial charge in [-0.1, -0.05) is 0 Å². The van der Waals surface area contributed by atoms with Crippen molar-refractivity contribution in [3.8, 4) is 5.75 Å². The maximum atomic E-state index is 12.4. The average molecular weight is 368 g/mol. The summed E-state index contributed by atoms with van der Waals surface area (Å²) >= 11 is 0. The number of nitrogens with two attached hydrogens (primary N) is 2. The molecule has 0 saturated carbocycles. The number of hydrogen-bond donors (Lipinski definition) is 3. The van der Waals surface area contributed by atoms with E-state index in [4.69, 9.17) is 21.3 Å². The van der Waals surface area contributed by atoms with Crippen molar-refractivity contribution in [2.75, 3.05) is 0 Å².